The average molecular weight is 266 g/mol. The predicted octanol–water partition coefficient (Wildman–Crippen LogP) is 2.59. The minimum Gasteiger partial charge on any atom is -0.390 e. The highest BCUT2D eigenvalue weighted by molar-refractivity contribution is 5.55. The number of benzene rings is 1. The summed E-state index contributed by atoms with van der Waals surface area (Å²) in [6, 6.07) is 4.59. The zero-order valence-electron chi connectivity index (χ0n) is 11.7. The molecule has 0 amide bonds. The van der Waals surface area contributed by atoms with Crippen molar-refractivity contribution < 1.29 is 9.50 Å². The Bertz CT molecular complexity index is 446. The molecule has 0 aromatic heterocycles. The van der Waals surface area contributed by atoms with Gasteiger partial charge >= 0.3 is 0 Å². The number of halogens is 1. The highest BCUT2D eigenvalue weighted by atomic mass is 19.1. The first-order valence-electron chi connectivity index (χ1n) is 6.91. The molecule has 0 spiro atoms. The number of nitrogens with zero attached hydrogens (tertiary/aromatic N) is 1. The minimum absolute atomic E-state index is 0.200. The number of aliphatic hydroxyl groups is 1. The molecule has 3 nitrogen and oxygen atoms in total. The maximum absolute atomic E-state index is 13.4. The molecule has 1 aromatic carbocycles. The monoisotopic (exact) mass is 266 g/mol. The third-order valence-electron chi connectivity index (χ3n) is 3.88. The van der Waals surface area contributed by atoms with Crippen LogP contribution in [0.25, 0.3) is 0 Å². The Labute approximate surface area is 114 Å². The standard InChI is InChI=1S/C15H23FN2O/c1-11(17)13-10-12(16)4-5-14(13)18-8-3-6-15(2,19)7-9-18/h4-5,10-11,19H,3,6-9,17H2,1-2H3. The smallest absolute Gasteiger partial charge is 0.123 e. The van der Waals surface area contributed by atoms with Gasteiger partial charge < -0.3 is 15.7 Å². The lowest BCUT2D eigenvalue weighted by atomic mass is 9.98. The Kier molecular flexibility index (Phi) is 4.11. The average Bonchev–Trinajstić information content (AvgIpc) is 2.50. The van der Waals surface area contributed by atoms with Gasteiger partial charge in [0.25, 0.3) is 0 Å². The molecule has 0 saturated carbocycles. The molecular weight excluding hydrogens is 243 g/mol. The SMILES string of the molecule is CC(N)c1cc(F)ccc1N1CCCC(C)(O)CC1. The van der Waals surface area contributed by atoms with E-state index >= 15 is 0 Å². The number of nitrogens with two attached hydrogens (primary N) is 1. The van der Waals surface area contributed by atoms with Crippen molar-refractivity contribution in [2.45, 2.75) is 44.8 Å². The van der Waals surface area contributed by atoms with E-state index in [4.69, 9.17) is 5.73 Å². The molecule has 2 atom stereocenters. The van der Waals surface area contributed by atoms with Gasteiger partial charge in [-0.25, -0.2) is 4.39 Å². The van der Waals surface area contributed by atoms with Crippen molar-refractivity contribution in [1.82, 2.24) is 0 Å². The Balaban J connectivity index is 2.26. The fourth-order valence-corrected chi connectivity index (χ4v) is 2.68. The zero-order valence-corrected chi connectivity index (χ0v) is 11.7. The van der Waals surface area contributed by atoms with Crippen molar-refractivity contribution in [3.05, 3.63) is 29.6 Å². The fourth-order valence-electron chi connectivity index (χ4n) is 2.68. The van der Waals surface area contributed by atoms with Crippen LogP contribution in [-0.2, 0) is 0 Å². The van der Waals surface area contributed by atoms with Gasteiger partial charge in [0.2, 0.25) is 0 Å². The maximum Gasteiger partial charge on any atom is 0.123 e. The molecular formula is C15H23FN2O. The lowest BCUT2D eigenvalue weighted by Gasteiger charge is -2.27. The molecule has 106 valence electrons. The molecule has 1 aliphatic heterocycles. The molecule has 4 heteroatoms. The molecule has 1 saturated heterocycles. The van der Waals surface area contributed by atoms with Crippen LogP contribution in [-0.4, -0.2) is 23.8 Å². The summed E-state index contributed by atoms with van der Waals surface area (Å²) in [5.74, 6) is -0.252. The Morgan fingerprint density at radius 2 is 2.11 bits per heavy atom. The van der Waals surface area contributed by atoms with Crippen LogP contribution in [0.4, 0.5) is 10.1 Å². The molecule has 2 rings (SSSR count). The molecule has 1 fully saturated rings. The second-order valence-electron chi connectivity index (χ2n) is 5.83. The van der Waals surface area contributed by atoms with Crippen molar-refractivity contribution in [3.63, 3.8) is 0 Å². The van der Waals surface area contributed by atoms with E-state index in [1.165, 1.54) is 12.1 Å². The van der Waals surface area contributed by atoms with Crippen molar-refractivity contribution in [1.29, 1.82) is 0 Å². The maximum atomic E-state index is 13.4. The molecule has 1 aliphatic rings. The van der Waals surface area contributed by atoms with Crippen LogP contribution >= 0.6 is 0 Å². The van der Waals surface area contributed by atoms with Crippen LogP contribution in [0.15, 0.2) is 18.2 Å². The Hall–Kier alpha value is -1.13. The van der Waals surface area contributed by atoms with E-state index in [2.05, 4.69) is 4.90 Å². The topological polar surface area (TPSA) is 49.5 Å². The molecule has 0 bridgehead atoms. The number of hydrogen-bond donors (Lipinski definition) is 2. The van der Waals surface area contributed by atoms with Crippen LogP contribution in [0, 0.1) is 5.82 Å². The fraction of sp³-hybridized carbons (Fsp3) is 0.600. The van der Waals surface area contributed by atoms with Crippen LogP contribution in [0.1, 0.15) is 44.7 Å². The molecule has 1 aromatic rings. The second-order valence-corrected chi connectivity index (χ2v) is 5.83. The molecule has 3 N–H and O–H groups in total. The zero-order chi connectivity index (χ0) is 14.0. The van der Waals surface area contributed by atoms with Crippen molar-refractivity contribution >= 4 is 5.69 Å². The van der Waals surface area contributed by atoms with Gasteiger partial charge in [0.05, 0.1) is 5.60 Å². The van der Waals surface area contributed by atoms with Crippen LogP contribution in [0.2, 0.25) is 0 Å². The highest BCUT2D eigenvalue weighted by Crippen LogP contribution is 2.30. The molecule has 0 radical (unpaired) electrons. The largest absolute Gasteiger partial charge is 0.390 e. The highest BCUT2D eigenvalue weighted by Gasteiger charge is 2.26. The number of hydrogen-bond acceptors (Lipinski definition) is 3. The molecule has 2 unspecified atom stereocenters. The van der Waals surface area contributed by atoms with Gasteiger partial charge in [-0.15, -0.1) is 0 Å². The minimum atomic E-state index is -0.594. The van der Waals surface area contributed by atoms with Gasteiger partial charge in [-0.3, -0.25) is 0 Å². The van der Waals surface area contributed by atoms with Gasteiger partial charge in [-0.05, 0) is 56.9 Å². The van der Waals surface area contributed by atoms with E-state index in [-0.39, 0.29) is 11.9 Å². The summed E-state index contributed by atoms with van der Waals surface area (Å²) < 4.78 is 13.4. The third-order valence-corrected chi connectivity index (χ3v) is 3.88. The molecule has 1 heterocycles. The van der Waals surface area contributed by atoms with E-state index in [1.807, 2.05) is 13.8 Å². The van der Waals surface area contributed by atoms with Crippen LogP contribution in [0.3, 0.4) is 0 Å². The van der Waals surface area contributed by atoms with Crippen LogP contribution < -0.4 is 10.6 Å². The van der Waals surface area contributed by atoms with Gasteiger partial charge in [0, 0.05) is 24.8 Å². The lowest BCUT2D eigenvalue weighted by Crippen LogP contribution is -2.29. The van der Waals surface area contributed by atoms with E-state index in [1.54, 1.807) is 6.07 Å². The van der Waals surface area contributed by atoms with E-state index in [0.29, 0.717) is 0 Å². The second kappa shape index (κ2) is 5.47. The van der Waals surface area contributed by atoms with Gasteiger partial charge in [-0.2, -0.15) is 0 Å². The molecule has 0 aliphatic carbocycles. The summed E-state index contributed by atoms with van der Waals surface area (Å²) in [5, 5.41) is 10.1. The first kappa shape index (κ1) is 14.3. The molecule has 19 heavy (non-hydrogen) atoms. The lowest BCUT2D eigenvalue weighted by molar-refractivity contribution is 0.0481. The first-order valence-corrected chi connectivity index (χ1v) is 6.91. The summed E-state index contributed by atoms with van der Waals surface area (Å²) in [4.78, 5) is 2.21. The Morgan fingerprint density at radius 1 is 1.37 bits per heavy atom. The Morgan fingerprint density at radius 3 is 2.79 bits per heavy atom. The summed E-state index contributed by atoms with van der Waals surface area (Å²) in [6.45, 7) is 5.40. The van der Waals surface area contributed by atoms with E-state index < -0.39 is 5.60 Å². The van der Waals surface area contributed by atoms with E-state index in [9.17, 15) is 9.50 Å². The van der Waals surface area contributed by atoms with Crippen molar-refractivity contribution in [3.8, 4) is 0 Å². The number of rotatable bonds is 2. The van der Waals surface area contributed by atoms with Crippen molar-refractivity contribution in [2.75, 3.05) is 18.0 Å². The summed E-state index contributed by atoms with van der Waals surface area (Å²) in [6.07, 6.45) is 2.46. The van der Waals surface area contributed by atoms with Crippen LogP contribution in [0.5, 0.6) is 0 Å². The normalized spacial score (nSPS) is 26.1. The quantitative estimate of drug-likeness (QED) is 0.865. The van der Waals surface area contributed by atoms with Gasteiger partial charge in [0.15, 0.2) is 0 Å². The van der Waals surface area contributed by atoms with Gasteiger partial charge in [-0.1, -0.05) is 0 Å². The summed E-state index contributed by atoms with van der Waals surface area (Å²) >= 11 is 0. The third kappa shape index (κ3) is 3.45. The van der Waals surface area contributed by atoms with E-state index in [0.717, 1.165) is 43.6 Å². The van der Waals surface area contributed by atoms with Gasteiger partial charge in [0.1, 0.15) is 5.82 Å². The number of anilines is 1. The first-order chi connectivity index (χ1) is 8.89. The summed E-state index contributed by atoms with van der Waals surface area (Å²) in [7, 11) is 0. The van der Waals surface area contributed by atoms with Crippen molar-refractivity contribution in [2.24, 2.45) is 5.73 Å². The summed E-state index contributed by atoms with van der Waals surface area (Å²) in [5.41, 5.74) is 7.18. The predicted molar refractivity (Wildman–Crippen MR) is 75.7 cm³/mol.